The fourth-order valence-corrected chi connectivity index (χ4v) is 4.07. The van der Waals surface area contributed by atoms with Gasteiger partial charge in [-0.05, 0) is 44.7 Å². The number of rotatable bonds is 13. The van der Waals surface area contributed by atoms with Crippen LogP contribution in [0.4, 0.5) is 18.9 Å². The van der Waals surface area contributed by atoms with E-state index in [9.17, 15) is 41.9 Å². The number of aromatic nitrogens is 1. The van der Waals surface area contributed by atoms with Crippen LogP contribution in [-0.2, 0) is 35.3 Å². The Morgan fingerprint density at radius 2 is 1.85 bits per heavy atom. The zero-order valence-electron chi connectivity index (χ0n) is 22.4. The molecule has 1 atom stereocenters. The first-order chi connectivity index (χ1) is 19.3. The van der Waals surface area contributed by atoms with Crippen LogP contribution in [0.3, 0.4) is 0 Å². The molecule has 0 saturated carbocycles. The average Bonchev–Trinajstić information content (AvgIpc) is 2.91. The molecule has 1 aromatic rings. The Kier molecular flexibility index (Phi) is 12.5. The second kappa shape index (κ2) is 15.6. The highest BCUT2D eigenvalue weighted by Gasteiger charge is 2.41. The summed E-state index contributed by atoms with van der Waals surface area (Å²) in [4.78, 5) is 74.3. The fraction of sp³-hybridized carbons (Fsp3) is 0.538. The topological polar surface area (TPSA) is 164 Å². The molecular weight excluding hydrogens is 553 g/mol. The van der Waals surface area contributed by atoms with E-state index in [0.29, 0.717) is 0 Å². The van der Waals surface area contributed by atoms with Gasteiger partial charge in [0, 0.05) is 31.8 Å². The number of carboxylic acid groups (broad SMARTS) is 1. The molecule has 3 amide bonds. The smallest absolute Gasteiger partial charge is 0.391 e. The Morgan fingerprint density at radius 1 is 1.17 bits per heavy atom. The van der Waals surface area contributed by atoms with Crippen LogP contribution in [0, 0.1) is 5.92 Å². The maximum Gasteiger partial charge on any atom is 0.391 e. The molecule has 12 nitrogen and oxygen atoms in total. The van der Waals surface area contributed by atoms with Crippen molar-refractivity contribution in [3.05, 3.63) is 40.8 Å². The number of anilines is 1. The number of amides is 3. The number of pyridine rings is 1. The SMILES string of the molecule is CCOC(=O)C=CCCC(NC(=O)CCC(=O)O)C(=O)Nc1cccn(CC(=O)N2CCC(C(F)(F)F)CC2)c1=O. The number of ether oxygens (including phenoxy) is 1. The third kappa shape index (κ3) is 11.1. The third-order valence-corrected chi connectivity index (χ3v) is 6.27. The molecule has 1 unspecified atom stereocenters. The summed E-state index contributed by atoms with van der Waals surface area (Å²) in [5, 5.41) is 13.6. The molecule has 226 valence electrons. The van der Waals surface area contributed by atoms with Gasteiger partial charge in [-0.25, -0.2) is 4.79 Å². The molecule has 0 spiro atoms. The van der Waals surface area contributed by atoms with Gasteiger partial charge in [-0.2, -0.15) is 13.2 Å². The summed E-state index contributed by atoms with van der Waals surface area (Å²) in [5.41, 5.74) is -0.967. The molecule has 41 heavy (non-hydrogen) atoms. The van der Waals surface area contributed by atoms with E-state index in [1.807, 2.05) is 0 Å². The number of allylic oxidation sites excluding steroid dienone is 1. The standard InChI is InChI=1S/C26H33F3N4O8/c1-2-41-23(38)8-4-3-6-18(30-20(34)9-10-22(36)37)24(39)31-19-7-5-13-33(25(19)40)16-21(35)32-14-11-17(12-15-32)26(27,28)29/h4-5,7-8,13,17-18H,2-3,6,9-12,14-16H2,1H3,(H,30,34)(H,31,39)(H,36,37). The zero-order valence-corrected chi connectivity index (χ0v) is 22.4. The van der Waals surface area contributed by atoms with E-state index in [0.717, 1.165) is 10.6 Å². The second-order valence-electron chi connectivity index (χ2n) is 9.29. The van der Waals surface area contributed by atoms with Crippen molar-refractivity contribution in [2.75, 3.05) is 25.0 Å². The lowest BCUT2D eigenvalue weighted by Crippen LogP contribution is -2.45. The maximum absolute atomic E-state index is 13.0. The van der Waals surface area contributed by atoms with E-state index in [1.54, 1.807) is 6.92 Å². The van der Waals surface area contributed by atoms with Crippen molar-refractivity contribution in [1.29, 1.82) is 0 Å². The number of piperidine rings is 1. The van der Waals surface area contributed by atoms with Gasteiger partial charge in [0.15, 0.2) is 0 Å². The normalized spacial score (nSPS) is 14.9. The highest BCUT2D eigenvalue weighted by molar-refractivity contribution is 5.97. The zero-order chi connectivity index (χ0) is 30.6. The van der Waals surface area contributed by atoms with Gasteiger partial charge in [0.2, 0.25) is 17.7 Å². The molecule has 0 aliphatic carbocycles. The Bertz CT molecular complexity index is 1190. The van der Waals surface area contributed by atoms with E-state index in [4.69, 9.17) is 9.84 Å². The molecule has 1 fully saturated rings. The molecule has 1 aliphatic heterocycles. The van der Waals surface area contributed by atoms with Crippen molar-refractivity contribution in [1.82, 2.24) is 14.8 Å². The molecule has 1 aromatic heterocycles. The van der Waals surface area contributed by atoms with Gasteiger partial charge in [-0.15, -0.1) is 0 Å². The van der Waals surface area contributed by atoms with Gasteiger partial charge in [0.05, 0.1) is 18.9 Å². The predicted molar refractivity (Wildman–Crippen MR) is 138 cm³/mol. The summed E-state index contributed by atoms with van der Waals surface area (Å²) in [6, 6.07) is 1.47. The van der Waals surface area contributed by atoms with Crippen molar-refractivity contribution >= 4 is 35.3 Å². The molecule has 0 aromatic carbocycles. The lowest BCUT2D eigenvalue weighted by molar-refractivity contribution is -0.186. The number of carbonyl (C=O) groups is 5. The molecule has 1 aliphatic rings. The number of esters is 1. The van der Waals surface area contributed by atoms with Crippen LogP contribution in [-0.4, -0.2) is 76.1 Å². The number of hydrogen-bond acceptors (Lipinski definition) is 7. The Balaban J connectivity index is 2.08. The van der Waals surface area contributed by atoms with Crippen molar-refractivity contribution < 1.29 is 47.0 Å². The molecule has 2 heterocycles. The number of hydrogen-bond donors (Lipinski definition) is 3. The summed E-state index contributed by atoms with van der Waals surface area (Å²) in [7, 11) is 0. The van der Waals surface area contributed by atoms with Crippen LogP contribution in [0.1, 0.15) is 45.4 Å². The summed E-state index contributed by atoms with van der Waals surface area (Å²) < 4.78 is 44.5. The van der Waals surface area contributed by atoms with Crippen molar-refractivity contribution in [2.45, 2.75) is 64.2 Å². The molecular formula is C26H33F3N4O8. The monoisotopic (exact) mass is 586 g/mol. The predicted octanol–water partition coefficient (Wildman–Crippen LogP) is 1.84. The highest BCUT2D eigenvalue weighted by atomic mass is 19.4. The minimum Gasteiger partial charge on any atom is -0.481 e. The molecule has 0 radical (unpaired) electrons. The average molecular weight is 587 g/mol. The minimum atomic E-state index is -4.33. The van der Waals surface area contributed by atoms with Gasteiger partial charge in [0.1, 0.15) is 18.3 Å². The number of carboxylic acids is 1. The van der Waals surface area contributed by atoms with Crippen molar-refractivity contribution in [3.63, 3.8) is 0 Å². The van der Waals surface area contributed by atoms with Crippen LogP contribution in [0.25, 0.3) is 0 Å². The van der Waals surface area contributed by atoms with Crippen molar-refractivity contribution in [3.8, 4) is 0 Å². The van der Waals surface area contributed by atoms with Crippen LogP contribution >= 0.6 is 0 Å². The summed E-state index contributed by atoms with van der Waals surface area (Å²) in [6.45, 7) is 1.16. The first kappa shape index (κ1) is 33.0. The molecule has 15 heteroatoms. The third-order valence-electron chi connectivity index (χ3n) is 6.27. The van der Waals surface area contributed by atoms with Gasteiger partial charge in [0.25, 0.3) is 5.56 Å². The molecule has 1 saturated heterocycles. The maximum atomic E-state index is 13.0. The summed E-state index contributed by atoms with van der Waals surface area (Å²) in [5.74, 6) is -5.34. The highest BCUT2D eigenvalue weighted by Crippen LogP contribution is 2.34. The number of likely N-dealkylation sites (tertiary alicyclic amines) is 1. The van der Waals surface area contributed by atoms with Gasteiger partial charge < -0.3 is 29.9 Å². The number of nitrogens with zero attached hydrogens (tertiary/aromatic N) is 2. The Hall–Kier alpha value is -4.17. The summed E-state index contributed by atoms with van der Waals surface area (Å²) >= 11 is 0. The number of aliphatic carboxylic acids is 1. The lowest BCUT2D eigenvalue weighted by Gasteiger charge is -2.33. The second-order valence-corrected chi connectivity index (χ2v) is 9.29. The molecule has 3 N–H and O–H groups in total. The van der Waals surface area contributed by atoms with Crippen LogP contribution in [0.15, 0.2) is 35.3 Å². The van der Waals surface area contributed by atoms with E-state index in [2.05, 4.69) is 10.6 Å². The lowest BCUT2D eigenvalue weighted by atomic mass is 9.96. The first-order valence-electron chi connectivity index (χ1n) is 13.0. The number of carbonyl (C=O) groups excluding carboxylic acids is 4. The first-order valence-corrected chi connectivity index (χ1v) is 13.0. The molecule has 0 bridgehead atoms. The summed E-state index contributed by atoms with van der Waals surface area (Å²) in [6.07, 6.45) is -1.62. The molecule has 2 rings (SSSR count). The van der Waals surface area contributed by atoms with E-state index >= 15 is 0 Å². The van der Waals surface area contributed by atoms with Crippen molar-refractivity contribution in [2.24, 2.45) is 5.92 Å². The number of nitrogens with one attached hydrogen (secondary N) is 2. The van der Waals surface area contributed by atoms with Crippen LogP contribution < -0.4 is 16.2 Å². The Morgan fingerprint density at radius 3 is 2.46 bits per heavy atom. The minimum absolute atomic E-state index is 0.00601. The quantitative estimate of drug-likeness (QED) is 0.233. The number of halogens is 3. The Labute approximate surface area is 233 Å². The number of alkyl halides is 3. The van der Waals surface area contributed by atoms with Crippen LogP contribution in [0.2, 0.25) is 0 Å². The van der Waals surface area contributed by atoms with Gasteiger partial charge >= 0.3 is 18.1 Å². The fourth-order valence-electron chi connectivity index (χ4n) is 4.07. The van der Waals surface area contributed by atoms with E-state index in [1.165, 1.54) is 29.3 Å². The van der Waals surface area contributed by atoms with E-state index in [-0.39, 0.29) is 51.1 Å². The van der Waals surface area contributed by atoms with E-state index < -0.39 is 72.7 Å². The largest absolute Gasteiger partial charge is 0.481 e. The van der Waals surface area contributed by atoms with Gasteiger partial charge in [-0.3, -0.25) is 24.0 Å². The van der Waals surface area contributed by atoms with Crippen LogP contribution in [0.5, 0.6) is 0 Å². The van der Waals surface area contributed by atoms with Gasteiger partial charge in [-0.1, -0.05) is 6.08 Å².